The van der Waals surface area contributed by atoms with Crippen molar-refractivity contribution in [2.24, 2.45) is 0 Å². The van der Waals surface area contributed by atoms with Crippen LogP contribution >= 0.6 is 11.6 Å². The number of nitrogens with zero attached hydrogens (tertiary/aromatic N) is 3. The zero-order chi connectivity index (χ0) is 11.3. The molecule has 0 fully saturated rings. The number of rotatable bonds is 3. The molecule has 0 spiro atoms. The Bertz CT molecular complexity index is 384. The highest BCUT2D eigenvalue weighted by molar-refractivity contribution is 6.30. The van der Waals surface area contributed by atoms with Gasteiger partial charge in [-0.3, -0.25) is 10.1 Å². The molecule has 1 amide bonds. The van der Waals surface area contributed by atoms with Crippen molar-refractivity contribution in [1.82, 2.24) is 10.3 Å². The summed E-state index contributed by atoms with van der Waals surface area (Å²) in [7, 11) is 1.70. The largest absolute Gasteiger partial charge is 0.350 e. The first-order valence-corrected chi connectivity index (χ1v) is 4.52. The van der Waals surface area contributed by atoms with Crippen molar-refractivity contribution in [3.63, 3.8) is 0 Å². The zero-order valence-corrected chi connectivity index (χ0v) is 8.82. The number of halogens is 1. The summed E-state index contributed by atoms with van der Waals surface area (Å²) in [6.45, 7) is 0.0716. The molecule has 5 nitrogen and oxygen atoms in total. The summed E-state index contributed by atoms with van der Waals surface area (Å²) in [5.74, 6) is 0.240. The van der Waals surface area contributed by atoms with E-state index in [9.17, 15) is 4.79 Å². The van der Waals surface area contributed by atoms with Crippen molar-refractivity contribution in [2.45, 2.75) is 0 Å². The van der Waals surface area contributed by atoms with E-state index in [1.807, 2.05) is 5.32 Å². The van der Waals surface area contributed by atoms with E-state index in [4.69, 9.17) is 16.9 Å². The van der Waals surface area contributed by atoms with Crippen LogP contribution < -0.4 is 10.2 Å². The summed E-state index contributed by atoms with van der Waals surface area (Å²) < 4.78 is 0. The van der Waals surface area contributed by atoms with Crippen LogP contribution in [0.1, 0.15) is 0 Å². The molecule has 1 rings (SSSR count). The lowest BCUT2D eigenvalue weighted by Crippen LogP contribution is -2.33. The Kier molecular flexibility index (Phi) is 3.89. The Labute approximate surface area is 92.3 Å². The number of aromatic nitrogens is 1. The number of likely N-dealkylation sites (N-methyl/N-ethyl adjacent to an activating group) is 1. The second-order valence-electron chi connectivity index (χ2n) is 2.85. The van der Waals surface area contributed by atoms with E-state index in [-0.39, 0.29) is 12.5 Å². The first-order chi connectivity index (χ1) is 7.13. The van der Waals surface area contributed by atoms with E-state index >= 15 is 0 Å². The van der Waals surface area contributed by atoms with Gasteiger partial charge in [0.15, 0.2) is 6.19 Å². The number of anilines is 1. The number of carbonyl (C=O) groups excluding carboxylic acids is 1. The standard InChI is InChI=1S/C9H9ClN4O/c1-14(5-9(15)13-6-11)8-3-2-7(10)4-12-8/h2-4H,5H2,1H3,(H,13,15). The normalized spacial score (nSPS) is 9.13. The van der Waals surface area contributed by atoms with Crippen molar-refractivity contribution in [1.29, 1.82) is 5.26 Å². The number of hydrogen-bond donors (Lipinski definition) is 1. The second kappa shape index (κ2) is 5.17. The smallest absolute Gasteiger partial charge is 0.252 e. The molecule has 0 bridgehead atoms. The predicted octanol–water partition coefficient (Wildman–Crippen LogP) is 0.768. The summed E-state index contributed by atoms with van der Waals surface area (Å²) in [6, 6.07) is 3.38. The van der Waals surface area contributed by atoms with Crippen LogP contribution in [0.2, 0.25) is 5.02 Å². The molecule has 0 aliphatic heterocycles. The molecular weight excluding hydrogens is 216 g/mol. The average molecular weight is 225 g/mol. The van der Waals surface area contributed by atoms with Gasteiger partial charge in [-0.1, -0.05) is 11.6 Å². The molecular formula is C9H9ClN4O. The van der Waals surface area contributed by atoms with Gasteiger partial charge in [-0.05, 0) is 12.1 Å². The first-order valence-electron chi connectivity index (χ1n) is 4.14. The lowest BCUT2D eigenvalue weighted by molar-refractivity contribution is -0.118. The number of amides is 1. The van der Waals surface area contributed by atoms with E-state index in [1.165, 1.54) is 6.20 Å². The molecule has 1 aromatic rings. The average Bonchev–Trinajstić information content (AvgIpc) is 2.18. The second-order valence-corrected chi connectivity index (χ2v) is 3.29. The van der Waals surface area contributed by atoms with E-state index in [2.05, 4.69) is 4.98 Å². The van der Waals surface area contributed by atoms with Gasteiger partial charge in [0.1, 0.15) is 5.82 Å². The molecule has 0 radical (unpaired) electrons. The van der Waals surface area contributed by atoms with Crippen LogP contribution in [0.4, 0.5) is 5.82 Å². The Morgan fingerprint density at radius 3 is 3.00 bits per heavy atom. The summed E-state index contributed by atoms with van der Waals surface area (Å²) in [5.41, 5.74) is 0. The minimum atomic E-state index is -0.378. The summed E-state index contributed by atoms with van der Waals surface area (Å²) in [6.07, 6.45) is 3.06. The molecule has 6 heteroatoms. The lowest BCUT2D eigenvalue weighted by atomic mass is 10.4. The molecule has 1 heterocycles. The van der Waals surface area contributed by atoms with Gasteiger partial charge in [-0.25, -0.2) is 4.98 Å². The molecule has 0 atom stereocenters. The molecule has 0 saturated carbocycles. The maximum Gasteiger partial charge on any atom is 0.252 e. The molecule has 0 aliphatic carbocycles. The number of carbonyl (C=O) groups is 1. The third-order valence-corrected chi connectivity index (χ3v) is 1.90. The maximum atomic E-state index is 11.1. The topological polar surface area (TPSA) is 69.0 Å². The van der Waals surface area contributed by atoms with E-state index in [0.29, 0.717) is 10.8 Å². The number of pyridine rings is 1. The van der Waals surface area contributed by atoms with Crippen LogP contribution in [0, 0.1) is 11.5 Å². The Hall–Kier alpha value is -1.80. The van der Waals surface area contributed by atoms with Gasteiger partial charge in [0.25, 0.3) is 5.91 Å². The molecule has 0 aromatic carbocycles. The Balaban J connectivity index is 2.61. The van der Waals surface area contributed by atoms with Crippen LogP contribution in [0.3, 0.4) is 0 Å². The van der Waals surface area contributed by atoms with Gasteiger partial charge in [0, 0.05) is 13.2 Å². The molecule has 0 unspecified atom stereocenters. The van der Waals surface area contributed by atoms with Crippen molar-refractivity contribution >= 4 is 23.3 Å². The summed E-state index contributed by atoms with van der Waals surface area (Å²) in [5, 5.41) is 10.8. The van der Waals surface area contributed by atoms with Crippen LogP contribution in [0.25, 0.3) is 0 Å². The van der Waals surface area contributed by atoms with Crippen molar-refractivity contribution in [3.8, 4) is 6.19 Å². The van der Waals surface area contributed by atoms with E-state index < -0.39 is 0 Å². The van der Waals surface area contributed by atoms with Crippen LogP contribution in [-0.2, 0) is 4.79 Å². The molecule has 0 saturated heterocycles. The highest BCUT2D eigenvalue weighted by Crippen LogP contribution is 2.12. The van der Waals surface area contributed by atoms with Crippen molar-refractivity contribution in [2.75, 3.05) is 18.5 Å². The first kappa shape index (κ1) is 11.3. The number of nitrogens with one attached hydrogen (secondary N) is 1. The molecule has 1 N–H and O–H groups in total. The van der Waals surface area contributed by atoms with Gasteiger partial charge in [-0.2, -0.15) is 5.26 Å². The highest BCUT2D eigenvalue weighted by atomic mass is 35.5. The third-order valence-electron chi connectivity index (χ3n) is 1.68. The molecule has 0 aliphatic rings. The lowest BCUT2D eigenvalue weighted by Gasteiger charge is -2.15. The van der Waals surface area contributed by atoms with Crippen LogP contribution in [-0.4, -0.2) is 24.5 Å². The molecule has 78 valence electrons. The minimum Gasteiger partial charge on any atom is -0.350 e. The van der Waals surface area contributed by atoms with Crippen LogP contribution in [0.5, 0.6) is 0 Å². The van der Waals surface area contributed by atoms with Gasteiger partial charge < -0.3 is 4.90 Å². The Morgan fingerprint density at radius 1 is 1.73 bits per heavy atom. The van der Waals surface area contributed by atoms with Gasteiger partial charge in [0.05, 0.1) is 11.6 Å². The monoisotopic (exact) mass is 224 g/mol. The van der Waals surface area contributed by atoms with Crippen LogP contribution in [0.15, 0.2) is 18.3 Å². The van der Waals surface area contributed by atoms with Gasteiger partial charge >= 0.3 is 0 Å². The van der Waals surface area contributed by atoms with Gasteiger partial charge in [0.2, 0.25) is 0 Å². The SMILES string of the molecule is CN(CC(=O)NC#N)c1ccc(Cl)cn1. The van der Waals surface area contributed by atoms with E-state index in [0.717, 1.165) is 0 Å². The zero-order valence-electron chi connectivity index (χ0n) is 8.07. The van der Waals surface area contributed by atoms with Gasteiger partial charge in [-0.15, -0.1) is 0 Å². The van der Waals surface area contributed by atoms with E-state index in [1.54, 1.807) is 30.3 Å². The molecule has 1 aromatic heterocycles. The van der Waals surface area contributed by atoms with Crippen molar-refractivity contribution in [3.05, 3.63) is 23.4 Å². The quantitative estimate of drug-likeness (QED) is 0.608. The minimum absolute atomic E-state index is 0.0716. The summed E-state index contributed by atoms with van der Waals surface area (Å²) >= 11 is 5.67. The predicted molar refractivity (Wildman–Crippen MR) is 56.3 cm³/mol. The fourth-order valence-corrected chi connectivity index (χ4v) is 1.10. The highest BCUT2D eigenvalue weighted by Gasteiger charge is 2.07. The third kappa shape index (κ3) is 3.44. The number of nitriles is 1. The summed E-state index contributed by atoms with van der Waals surface area (Å²) in [4.78, 5) is 16.7. The fraction of sp³-hybridized carbons (Fsp3) is 0.222. The fourth-order valence-electron chi connectivity index (χ4n) is 0.992. The van der Waals surface area contributed by atoms with Crippen molar-refractivity contribution < 1.29 is 4.79 Å². The molecule has 15 heavy (non-hydrogen) atoms. The Morgan fingerprint density at radius 2 is 2.47 bits per heavy atom. The number of hydrogen-bond acceptors (Lipinski definition) is 4. The maximum absolute atomic E-state index is 11.1.